The van der Waals surface area contributed by atoms with E-state index in [1.165, 1.54) is 18.2 Å². The highest BCUT2D eigenvalue weighted by Gasteiger charge is 2.08. The summed E-state index contributed by atoms with van der Waals surface area (Å²) in [6, 6.07) is 15.8. The molecule has 104 valence electrons. The van der Waals surface area contributed by atoms with Gasteiger partial charge < -0.3 is 9.64 Å². The van der Waals surface area contributed by atoms with Gasteiger partial charge in [-0.25, -0.2) is 4.79 Å². The average Bonchev–Trinajstić information content (AvgIpc) is 2.46. The molecule has 0 saturated carbocycles. The lowest BCUT2D eigenvalue weighted by Gasteiger charge is -2.14. The summed E-state index contributed by atoms with van der Waals surface area (Å²) in [7, 11) is 5.50. The van der Waals surface area contributed by atoms with Crippen LogP contribution in [0.5, 0.6) is 0 Å². The first kappa shape index (κ1) is 14.3. The molecule has 3 nitrogen and oxygen atoms in total. The summed E-state index contributed by atoms with van der Waals surface area (Å²) in [5.41, 5.74) is 4.14. The molecule has 0 unspecified atom stereocenters. The molecule has 20 heavy (non-hydrogen) atoms. The molecule has 0 aliphatic heterocycles. The number of carbonyl (C=O) groups excluding carboxylic acids is 1. The Balaban J connectivity index is 2.34. The van der Waals surface area contributed by atoms with E-state index in [-0.39, 0.29) is 5.97 Å². The molecule has 0 fully saturated rings. The van der Waals surface area contributed by atoms with Gasteiger partial charge in [-0.3, -0.25) is 0 Å². The van der Waals surface area contributed by atoms with Crippen molar-refractivity contribution in [3.8, 4) is 11.1 Å². The molecular weight excluding hydrogens is 250 g/mol. The van der Waals surface area contributed by atoms with Gasteiger partial charge in [0, 0.05) is 6.54 Å². The Bertz CT molecular complexity index is 588. The Morgan fingerprint density at radius 3 is 2.30 bits per heavy atom. The molecule has 3 heteroatoms. The van der Waals surface area contributed by atoms with Gasteiger partial charge in [0.25, 0.3) is 0 Å². The molecule has 0 N–H and O–H groups in total. The van der Waals surface area contributed by atoms with Crippen LogP contribution in [0.1, 0.15) is 15.9 Å². The number of rotatable bonds is 4. The molecule has 0 saturated heterocycles. The predicted molar refractivity (Wildman–Crippen MR) is 80.6 cm³/mol. The summed E-state index contributed by atoms with van der Waals surface area (Å²) < 4.78 is 4.71. The minimum absolute atomic E-state index is 0.307. The third kappa shape index (κ3) is 3.25. The zero-order chi connectivity index (χ0) is 14.5. The van der Waals surface area contributed by atoms with Crippen LogP contribution in [0.2, 0.25) is 0 Å². The van der Waals surface area contributed by atoms with Gasteiger partial charge in [-0.05, 0) is 42.9 Å². The lowest BCUT2D eigenvalue weighted by Crippen LogP contribution is -2.11. The van der Waals surface area contributed by atoms with Gasteiger partial charge in [0.2, 0.25) is 0 Å². The van der Waals surface area contributed by atoms with E-state index in [0.717, 1.165) is 12.1 Å². The molecule has 0 aliphatic rings. The summed E-state index contributed by atoms with van der Waals surface area (Å²) >= 11 is 0. The minimum atomic E-state index is -0.307. The summed E-state index contributed by atoms with van der Waals surface area (Å²) in [5.74, 6) is -0.307. The van der Waals surface area contributed by atoms with Crippen molar-refractivity contribution >= 4 is 5.97 Å². The van der Waals surface area contributed by atoms with E-state index in [4.69, 9.17) is 4.74 Å². The van der Waals surface area contributed by atoms with E-state index in [2.05, 4.69) is 31.1 Å². The monoisotopic (exact) mass is 269 g/mol. The maximum Gasteiger partial charge on any atom is 0.337 e. The van der Waals surface area contributed by atoms with Crippen molar-refractivity contribution in [3.05, 3.63) is 59.7 Å². The van der Waals surface area contributed by atoms with Crippen molar-refractivity contribution in [2.24, 2.45) is 0 Å². The minimum Gasteiger partial charge on any atom is -0.465 e. The summed E-state index contributed by atoms with van der Waals surface area (Å²) in [6.45, 7) is 0.884. The third-order valence-corrected chi connectivity index (χ3v) is 3.12. The fourth-order valence-corrected chi connectivity index (χ4v) is 2.18. The normalized spacial score (nSPS) is 10.6. The molecular formula is C17H19NO2. The Kier molecular flexibility index (Phi) is 4.53. The van der Waals surface area contributed by atoms with Gasteiger partial charge in [-0.1, -0.05) is 36.4 Å². The molecule has 0 bridgehead atoms. The highest BCUT2D eigenvalue weighted by Crippen LogP contribution is 2.25. The lowest BCUT2D eigenvalue weighted by molar-refractivity contribution is 0.0601. The van der Waals surface area contributed by atoms with E-state index in [1.54, 1.807) is 12.1 Å². The van der Waals surface area contributed by atoms with E-state index >= 15 is 0 Å². The van der Waals surface area contributed by atoms with Crippen molar-refractivity contribution in [1.82, 2.24) is 4.90 Å². The number of methoxy groups -OCH3 is 1. The van der Waals surface area contributed by atoms with Crippen molar-refractivity contribution in [3.63, 3.8) is 0 Å². The smallest absolute Gasteiger partial charge is 0.337 e. The summed E-state index contributed by atoms with van der Waals surface area (Å²) in [6.07, 6.45) is 0. The Morgan fingerprint density at radius 1 is 1.05 bits per heavy atom. The first-order valence-electron chi connectivity index (χ1n) is 6.53. The maximum atomic E-state index is 11.4. The maximum absolute atomic E-state index is 11.4. The van der Waals surface area contributed by atoms with Crippen LogP contribution in [0.25, 0.3) is 11.1 Å². The van der Waals surface area contributed by atoms with E-state index in [0.29, 0.717) is 5.56 Å². The molecule has 0 aliphatic carbocycles. The second-order valence-corrected chi connectivity index (χ2v) is 4.96. The first-order chi connectivity index (χ1) is 9.61. The Hall–Kier alpha value is -2.13. The van der Waals surface area contributed by atoms with Crippen molar-refractivity contribution < 1.29 is 9.53 Å². The van der Waals surface area contributed by atoms with Crippen LogP contribution in [-0.4, -0.2) is 32.1 Å². The standard InChI is InChI=1S/C17H19NO2/c1-18(2)12-15-6-4-5-7-16(15)13-8-10-14(11-9-13)17(19)20-3/h4-11H,12H2,1-3H3. The van der Waals surface area contributed by atoms with Crippen molar-refractivity contribution in [2.75, 3.05) is 21.2 Å². The van der Waals surface area contributed by atoms with E-state index < -0.39 is 0 Å². The molecule has 0 spiro atoms. The molecule has 2 rings (SSSR count). The quantitative estimate of drug-likeness (QED) is 0.798. The second kappa shape index (κ2) is 6.35. The zero-order valence-electron chi connectivity index (χ0n) is 12.1. The number of benzene rings is 2. The van der Waals surface area contributed by atoms with Gasteiger partial charge in [0.05, 0.1) is 12.7 Å². The SMILES string of the molecule is COC(=O)c1ccc(-c2ccccc2CN(C)C)cc1. The van der Waals surface area contributed by atoms with Gasteiger partial charge in [0.1, 0.15) is 0 Å². The van der Waals surface area contributed by atoms with Crippen molar-refractivity contribution in [2.45, 2.75) is 6.54 Å². The highest BCUT2D eigenvalue weighted by atomic mass is 16.5. The van der Waals surface area contributed by atoms with Gasteiger partial charge >= 0.3 is 5.97 Å². The van der Waals surface area contributed by atoms with Crippen LogP contribution in [0.3, 0.4) is 0 Å². The second-order valence-electron chi connectivity index (χ2n) is 4.96. The van der Waals surface area contributed by atoms with Crippen LogP contribution in [0.4, 0.5) is 0 Å². The molecule has 2 aromatic carbocycles. The lowest BCUT2D eigenvalue weighted by atomic mass is 9.98. The number of nitrogens with zero attached hydrogens (tertiary/aromatic N) is 1. The van der Waals surface area contributed by atoms with Gasteiger partial charge in [-0.15, -0.1) is 0 Å². The van der Waals surface area contributed by atoms with Crippen LogP contribution < -0.4 is 0 Å². The van der Waals surface area contributed by atoms with Crippen LogP contribution in [-0.2, 0) is 11.3 Å². The molecule has 0 amide bonds. The van der Waals surface area contributed by atoms with Crippen LogP contribution in [0.15, 0.2) is 48.5 Å². The van der Waals surface area contributed by atoms with Crippen LogP contribution in [0, 0.1) is 0 Å². The average molecular weight is 269 g/mol. The van der Waals surface area contributed by atoms with E-state index in [9.17, 15) is 4.79 Å². The predicted octanol–water partition coefficient (Wildman–Crippen LogP) is 3.20. The molecule has 0 heterocycles. The summed E-state index contributed by atoms with van der Waals surface area (Å²) in [5, 5.41) is 0. The topological polar surface area (TPSA) is 29.5 Å². The fraction of sp³-hybridized carbons (Fsp3) is 0.235. The molecule has 2 aromatic rings. The number of carbonyl (C=O) groups is 1. The highest BCUT2D eigenvalue weighted by molar-refractivity contribution is 5.90. The number of ether oxygens (including phenoxy) is 1. The Labute approximate surface area is 119 Å². The van der Waals surface area contributed by atoms with Gasteiger partial charge in [-0.2, -0.15) is 0 Å². The molecule has 0 aromatic heterocycles. The zero-order valence-corrected chi connectivity index (χ0v) is 12.1. The number of hydrogen-bond donors (Lipinski definition) is 0. The van der Waals surface area contributed by atoms with Gasteiger partial charge in [0.15, 0.2) is 0 Å². The largest absolute Gasteiger partial charge is 0.465 e. The first-order valence-corrected chi connectivity index (χ1v) is 6.53. The van der Waals surface area contributed by atoms with Crippen LogP contribution >= 0.6 is 0 Å². The molecule has 0 atom stereocenters. The Morgan fingerprint density at radius 2 is 1.70 bits per heavy atom. The number of esters is 1. The summed E-state index contributed by atoms with van der Waals surface area (Å²) in [4.78, 5) is 13.6. The molecule has 0 radical (unpaired) electrons. The van der Waals surface area contributed by atoms with Crippen molar-refractivity contribution in [1.29, 1.82) is 0 Å². The van der Waals surface area contributed by atoms with E-state index in [1.807, 2.05) is 24.3 Å². The third-order valence-electron chi connectivity index (χ3n) is 3.12. The number of hydrogen-bond acceptors (Lipinski definition) is 3. The fourth-order valence-electron chi connectivity index (χ4n) is 2.18.